The van der Waals surface area contributed by atoms with Crippen molar-refractivity contribution >= 4 is 0 Å². The van der Waals surface area contributed by atoms with Crippen LogP contribution in [0, 0.1) is 22.7 Å². The van der Waals surface area contributed by atoms with Crippen molar-refractivity contribution in [2.75, 3.05) is 6.61 Å². The van der Waals surface area contributed by atoms with Crippen molar-refractivity contribution in [3.05, 3.63) is 29.3 Å². The molecule has 1 aromatic carbocycles. The zero-order valence-corrected chi connectivity index (χ0v) is 22.8. The van der Waals surface area contributed by atoms with E-state index in [-0.39, 0.29) is 0 Å². The summed E-state index contributed by atoms with van der Waals surface area (Å²) in [5.74, 6) is 0.684. The van der Waals surface area contributed by atoms with Gasteiger partial charge in [-0.3, -0.25) is 0 Å². The van der Waals surface area contributed by atoms with Crippen LogP contribution in [0.3, 0.4) is 0 Å². The monoisotopic (exact) mass is 480 g/mol. The second-order valence-electron chi connectivity index (χ2n) is 10.2. The molecule has 0 saturated heterocycles. The van der Waals surface area contributed by atoms with E-state index >= 15 is 0 Å². The van der Waals surface area contributed by atoms with E-state index in [9.17, 15) is 0 Å². The summed E-state index contributed by atoms with van der Waals surface area (Å²) in [5.41, 5.74) is 0.795. The normalized spacial score (nSPS) is 10.7. The highest BCUT2D eigenvalue weighted by Crippen LogP contribution is 2.18. The Labute approximate surface area is 217 Å². The summed E-state index contributed by atoms with van der Waals surface area (Å²) in [5, 5.41) is 18.0. The van der Waals surface area contributed by atoms with E-state index < -0.39 is 0 Å². The number of nitrogens with zero attached hydrogens (tertiary/aromatic N) is 2. The summed E-state index contributed by atoms with van der Waals surface area (Å²) in [4.78, 5) is 0. The Balaban J connectivity index is 1.76. The molecule has 0 bridgehead atoms. The van der Waals surface area contributed by atoms with E-state index in [1.165, 1.54) is 135 Å². The molecule has 35 heavy (non-hydrogen) atoms. The lowest BCUT2D eigenvalue weighted by atomic mass is 10.0. The van der Waals surface area contributed by atoms with Gasteiger partial charge in [0, 0.05) is 0 Å². The second kappa shape index (κ2) is 23.7. The lowest BCUT2D eigenvalue weighted by Gasteiger charge is -2.07. The van der Waals surface area contributed by atoms with Crippen molar-refractivity contribution < 1.29 is 4.74 Å². The molecule has 0 heterocycles. The van der Waals surface area contributed by atoms with Gasteiger partial charge < -0.3 is 4.74 Å². The van der Waals surface area contributed by atoms with Gasteiger partial charge in [-0.2, -0.15) is 10.5 Å². The van der Waals surface area contributed by atoms with Gasteiger partial charge in [0.25, 0.3) is 0 Å². The summed E-state index contributed by atoms with van der Waals surface area (Å²) in [7, 11) is 0. The highest BCUT2D eigenvalue weighted by atomic mass is 16.5. The molecule has 0 atom stereocenters. The third-order valence-corrected chi connectivity index (χ3v) is 7.00. The zero-order valence-electron chi connectivity index (χ0n) is 22.8. The van der Waals surface area contributed by atoms with E-state index in [1.807, 2.05) is 6.07 Å². The highest BCUT2D eigenvalue weighted by molar-refractivity contribution is 5.49. The van der Waals surface area contributed by atoms with Crippen molar-refractivity contribution in [2.45, 2.75) is 148 Å². The van der Waals surface area contributed by atoms with E-state index in [4.69, 9.17) is 15.3 Å². The van der Waals surface area contributed by atoms with Crippen LogP contribution >= 0.6 is 0 Å². The van der Waals surface area contributed by atoms with Gasteiger partial charge >= 0.3 is 0 Å². The molecular formula is C32H52N2O. The molecule has 3 nitrogen and oxygen atoms in total. The van der Waals surface area contributed by atoms with Crippen molar-refractivity contribution in [2.24, 2.45) is 0 Å². The first-order valence-electron chi connectivity index (χ1n) is 14.9. The minimum atomic E-state index is 0.388. The first kappa shape index (κ1) is 31.0. The molecule has 1 aromatic rings. The Kier molecular flexibility index (Phi) is 21.0. The van der Waals surface area contributed by atoms with Gasteiger partial charge in [0.05, 0.1) is 17.7 Å². The van der Waals surface area contributed by atoms with Crippen LogP contribution < -0.4 is 4.74 Å². The lowest BCUT2D eigenvalue weighted by molar-refractivity contribution is 0.304. The molecule has 0 amide bonds. The standard InChI is InChI=1S/C32H52N2O/c1-2-3-4-5-6-7-8-9-10-11-12-13-14-15-16-17-18-19-20-21-22-23-26-35-32-25-24-30(28-33)31(27-32)29-34/h24-25,27H,2-23,26H2,1H3. The first-order valence-corrected chi connectivity index (χ1v) is 14.9. The largest absolute Gasteiger partial charge is 0.494 e. The first-order chi connectivity index (χ1) is 17.3. The molecule has 0 radical (unpaired) electrons. The molecular weight excluding hydrogens is 428 g/mol. The second-order valence-corrected chi connectivity index (χ2v) is 10.2. The fourth-order valence-electron chi connectivity index (χ4n) is 4.70. The van der Waals surface area contributed by atoms with Gasteiger partial charge in [0.1, 0.15) is 17.9 Å². The maximum Gasteiger partial charge on any atom is 0.120 e. The van der Waals surface area contributed by atoms with Crippen LogP contribution in [0.4, 0.5) is 0 Å². The molecule has 0 aliphatic rings. The minimum Gasteiger partial charge on any atom is -0.494 e. The van der Waals surface area contributed by atoms with Crippen LogP contribution in [0.25, 0.3) is 0 Å². The van der Waals surface area contributed by atoms with Crippen LogP contribution in [0.5, 0.6) is 5.75 Å². The van der Waals surface area contributed by atoms with Crippen LogP contribution in [0.1, 0.15) is 159 Å². The maximum absolute atomic E-state index is 9.07. The Morgan fingerprint density at radius 1 is 0.514 bits per heavy atom. The number of unbranched alkanes of at least 4 members (excludes halogenated alkanes) is 21. The van der Waals surface area contributed by atoms with Crippen molar-refractivity contribution in [3.63, 3.8) is 0 Å². The predicted octanol–water partition coefficient (Wildman–Crippen LogP) is 10.4. The van der Waals surface area contributed by atoms with E-state index in [0.29, 0.717) is 23.5 Å². The van der Waals surface area contributed by atoms with Crippen molar-refractivity contribution in [1.82, 2.24) is 0 Å². The molecule has 0 aliphatic heterocycles. The average Bonchev–Trinajstić information content (AvgIpc) is 2.89. The summed E-state index contributed by atoms with van der Waals surface area (Å²) in [6.07, 6.45) is 30.6. The molecule has 3 heteroatoms. The van der Waals surface area contributed by atoms with E-state index in [1.54, 1.807) is 18.2 Å². The summed E-state index contributed by atoms with van der Waals surface area (Å²) in [6, 6.07) is 9.18. The topological polar surface area (TPSA) is 56.8 Å². The molecule has 196 valence electrons. The molecule has 0 spiro atoms. The third-order valence-electron chi connectivity index (χ3n) is 7.00. The van der Waals surface area contributed by atoms with Gasteiger partial charge in [-0.15, -0.1) is 0 Å². The van der Waals surface area contributed by atoms with Gasteiger partial charge in [-0.1, -0.05) is 142 Å². The zero-order chi connectivity index (χ0) is 25.2. The van der Waals surface area contributed by atoms with Gasteiger partial charge in [-0.25, -0.2) is 0 Å². The Morgan fingerprint density at radius 3 is 1.26 bits per heavy atom. The van der Waals surface area contributed by atoms with E-state index in [0.717, 1.165) is 6.42 Å². The van der Waals surface area contributed by atoms with Crippen LogP contribution in [0.2, 0.25) is 0 Å². The highest BCUT2D eigenvalue weighted by Gasteiger charge is 2.03. The fourth-order valence-corrected chi connectivity index (χ4v) is 4.70. The maximum atomic E-state index is 9.07. The minimum absolute atomic E-state index is 0.388. The predicted molar refractivity (Wildman–Crippen MR) is 149 cm³/mol. The van der Waals surface area contributed by atoms with Gasteiger partial charge in [0.2, 0.25) is 0 Å². The average molecular weight is 481 g/mol. The van der Waals surface area contributed by atoms with E-state index in [2.05, 4.69) is 13.0 Å². The number of benzene rings is 1. The molecule has 0 fully saturated rings. The summed E-state index contributed by atoms with van der Waals surface area (Å²) in [6.45, 7) is 2.97. The molecule has 1 rings (SSSR count). The molecule has 0 aliphatic carbocycles. The number of hydrogen-bond acceptors (Lipinski definition) is 3. The summed E-state index contributed by atoms with van der Waals surface area (Å²) < 4.78 is 5.73. The quantitative estimate of drug-likeness (QED) is 0.138. The Morgan fingerprint density at radius 2 is 0.886 bits per heavy atom. The SMILES string of the molecule is CCCCCCCCCCCCCCCCCCCCCCCCOc1ccc(C#N)c(C#N)c1. The summed E-state index contributed by atoms with van der Waals surface area (Å²) >= 11 is 0. The lowest BCUT2D eigenvalue weighted by Crippen LogP contribution is -1.98. The van der Waals surface area contributed by atoms with Gasteiger partial charge in [0.15, 0.2) is 0 Å². The van der Waals surface area contributed by atoms with Crippen LogP contribution in [0.15, 0.2) is 18.2 Å². The Hall–Kier alpha value is -2.00. The van der Waals surface area contributed by atoms with Crippen molar-refractivity contribution in [1.29, 1.82) is 10.5 Å². The molecule has 0 unspecified atom stereocenters. The fraction of sp³-hybridized carbons (Fsp3) is 0.750. The third kappa shape index (κ3) is 18.0. The number of rotatable bonds is 24. The Bertz CT molecular complexity index is 700. The van der Waals surface area contributed by atoms with Crippen molar-refractivity contribution in [3.8, 4) is 17.9 Å². The molecule has 0 aromatic heterocycles. The molecule has 0 N–H and O–H groups in total. The van der Waals surface area contributed by atoms with Crippen LogP contribution in [-0.2, 0) is 0 Å². The smallest absolute Gasteiger partial charge is 0.120 e. The van der Waals surface area contributed by atoms with Gasteiger partial charge in [-0.05, 0) is 24.6 Å². The number of nitriles is 2. The molecule has 0 saturated carbocycles. The number of ether oxygens (including phenoxy) is 1. The number of hydrogen-bond donors (Lipinski definition) is 0. The van der Waals surface area contributed by atoms with Crippen LogP contribution in [-0.4, -0.2) is 6.61 Å².